The molecular weight excluding hydrogens is 278 g/mol. The van der Waals surface area contributed by atoms with Crippen molar-refractivity contribution < 1.29 is 14.0 Å². The Morgan fingerprint density at radius 1 is 1.23 bits per heavy atom. The highest BCUT2D eigenvalue weighted by Gasteiger charge is 2.26. The summed E-state index contributed by atoms with van der Waals surface area (Å²) in [4.78, 5) is 11.9. The van der Waals surface area contributed by atoms with E-state index in [1.165, 1.54) is 25.3 Å². The SMILES string of the molecule is O=C(/C=C/c1ccccc1)Nc1c[n+](C2CCCCC2)no1. The van der Waals surface area contributed by atoms with Gasteiger partial charge in [-0.25, -0.2) is 0 Å². The van der Waals surface area contributed by atoms with Crippen molar-refractivity contribution in [1.29, 1.82) is 0 Å². The van der Waals surface area contributed by atoms with Crippen molar-refractivity contribution in [2.45, 2.75) is 38.1 Å². The van der Waals surface area contributed by atoms with Gasteiger partial charge in [0, 0.05) is 18.9 Å². The highest BCUT2D eigenvalue weighted by atomic mass is 16.5. The van der Waals surface area contributed by atoms with Crippen LogP contribution in [0.1, 0.15) is 43.7 Å². The first-order valence-electron chi connectivity index (χ1n) is 7.73. The standard InChI is InChI=1S/C17H19N3O2/c21-16(12-11-14-7-3-1-4-8-14)18-17-13-20(19-22-17)15-9-5-2-6-10-15/h1,3-4,7-8,11-13,15H,2,5-6,9-10H2/p+1/b12-11+. The maximum atomic E-state index is 11.9. The second kappa shape index (κ2) is 7.02. The van der Waals surface area contributed by atoms with Gasteiger partial charge in [0.25, 0.3) is 12.1 Å². The molecule has 1 aromatic heterocycles. The summed E-state index contributed by atoms with van der Waals surface area (Å²) in [6, 6.07) is 10.1. The molecule has 1 N–H and O–H groups in total. The molecule has 0 unspecified atom stereocenters. The molecule has 0 spiro atoms. The van der Waals surface area contributed by atoms with Gasteiger partial charge in [-0.1, -0.05) is 36.8 Å². The first-order chi connectivity index (χ1) is 10.8. The fourth-order valence-corrected chi connectivity index (χ4v) is 2.73. The topological polar surface area (TPSA) is 59.0 Å². The molecule has 5 nitrogen and oxygen atoms in total. The van der Waals surface area contributed by atoms with Gasteiger partial charge >= 0.3 is 5.88 Å². The lowest BCUT2D eigenvalue weighted by Gasteiger charge is -2.12. The number of nitrogens with one attached hydrogen (secondary N) is 1. The van der Waals surface area contributed by atoms with Gasteiger partial charge in [0.15, 0.2) is 6.04 Å². The molecule has 1 fully saturated rings. The molecule has 5 heteroatoms. The molecule has 0 saturated heterocycles. The third-order valence-electron chi connectivity index (χ3n) is 3.90. The highest BCUT2D eigenvalue weighted by Crippen LogP contribution is 2.23. The van der Waals surface area contributed by atoms with Gasteiger partial charge in [-0.05, 0) is 29.2 Å². The Bertz CT molecular complexity index is 643. The number of rotatable bonds is 4. The Labute approximate surface area is 129 Å². The molecule has 0 bridgehead atoms. The van der Waals surface area contributed by atoms with Crippen LogP contribution in [0.15, 0.2) is 47.1 Å². The van der Waals surface area contributed by atoms with Crippen molar-refractivity contribution in [3.05, 3.63) is 48.2 Å². The Kier molecular flexibility index (Phi) is 4.63. The molecule has 0 radical (unpaired) electrons. The molecule has 1 amide bonds. The fourth-order valence-electron chi connectivity index (χ4n) is 2.73. The zero-order valence-corrected chi connectivity index (χ0v) is 12.4. The number of nitrogens with zero attached hydrogens (tertiary/aromatic N) is 2. The summed E-state index contributed by atoms with van der Waals surface area (Å²) >= 11 is 0. The van der Waals surface area contributed by atoms with Crippen LogP contribution < -0.4 is 10.00 Å². The number of anilines is 1. The quantitative estimate of drug-likeness (QED) is 0.697. The molecule has 1 aliphatic rings. The van der Waals surface area contributed by atoms with Crippen LogP contribution >= 0.6 is 0 Å². The Hall–Kier alpha value is -2.43. The van der Waals surface area contributed by atoms with E-state index in [4.69, 9.17) is 4.52 Å². The maximum absolute atomic E-state index is 11.9. The minimum atomic E-state index is -0.226. The largest absolute Gasteiger partial charge is 0.302 e. The number of carbonyl (C=O) groups excluding carboxylic acids is 1. The number of hydrogen-bond donors (Lipinski definition) is 1. The fraction of sp³-hybridized carbons (Fsp3) is 0.353. The number of aromatic nitrogens is 2. The molecule has 1 aliphatic carbocycles. The molecule has 0 atom stereocenters. The highest BCUT2D eigenvalue weighted by molar-refractivity contribution is 6.00. The van der Waals surface area contributed by atoms with Crippen molar-refractivity contribution in [3.8, 4) is 0 Å². The average molecular weight is 298 g/mol. The second-order valence-corrected chi connectivity index (χ2v) is 5.57. The van der Waals surface area contributed by atoms with Crippen LogP contribution in [0.4, 0.5) is 5.88 Å². The smallest absolute Gasteiger partial charge is 0.285 e. The second-order valence-electron chi connectivity index (χ2n) is 5.57. The summed E-state index contributed by atoms with van der Waals surface area (Å²) < 4.78 is 7.02. The van der Waals surface area contributed by atoms with Crippen LogP contribution in [0.5, 0.6) is 0 Å². The minimum Gasteiger partial charge on any atom is -0.285 e. The number of hydrogen-bond acceptors (Lipinski definition) is 3. The van der Waals surface area contributed by atoms with Gasteiger partial charge in [-0.2, -0.15) is 0 Å². The Morgan fingerprint density at radius 3 is 2.77 bits per heavy atom. The van der Waals surface area contributed by atoms with Crippen molar-refractivity contribution in [2.75, 3.05) is 5.32 Å². The lowest BCUT2D eigenvalue weighted by Crippen LogP contribution is -2.41. The summed E-state index contributed by atoms with van der Waals surface area (Å²) in [5, 5.41) is 6.71. The predicted octanol–water partition coefficient (Wildman–Crippen LogP) is 3.12. The monoisotopic (exact) mass is 298 g/mol. The van der Waals surface area contributed by atoms with Gasteiger partial charge in [-0.3, -0.25) is 14.6 Å². The summed E-state index contributed by atoms with van der Waals surface area (Å²) in [6.45, 7) is 0. The van der Waals surface area contributed by atoms with Crippen LogP contribution in [-0.4, -0.2) is 11.2 Å². The third kappa shape index (κ3) is 3.81. The van der Waals surface area contributed by atoms with E-state index >= 15 is 0 Å². The van der Waals surface area contributed by atoms with E-state index < -0.39 is 0 Å². The predicted molar refractivity (Wildman–Crippen MR) is 82.9 cm³/mol. The van der Waals surface area contributed by atoms with Crippen LogP contribution in [-0.2, 0) is 4.79 Å². The average Bonchev–Trinajstić information content (AvgIpc) is 3.03. The number of carbonyl (C=O) groups is 1. The van der Waals surface area contributed by atoms with Gasteiger partial charge < -0.3 is 0 Å². The molecule has 1 saturated carbocycles. The first-order valence-corrected chi connectivity index (χ1v) is 7.73. The Morgan fingerprint density at radius 2 is 2.00 bits per heavy atom. The van der Waals surface area contributed by atoms with E-state index in [1.54, 1.807) is 12.3 Å². The van der Waals surface area contributed by atoms with Crippen LogP contribution in [0.2, 0.25) is 0 Å². The number of amides is 1. The van der Waals surface area contributed by atoms with E-state index in [0.717, 1.165) is 18.4 Å². The first kappa shape index (κ1) is 14.5. The summed E-state index contributed by atoms with van der Waals surface area (Å²) in [5.41, 5.74) is 0.979. The van der Waals surface area contributed by atoms with Crippen LogP contribution in [0.25, 0.3) is 6.08 Å². The molecule has 1 heterocycles. The molecule has 114 valence electrons. The van der Waals surface area contributed by atoms with Crippen molar-refractivity contribution in [2.24, 2.45) is 0 Å². The van der Waals surface area contributed by atoms with E-state index in [1.807, 2.05) is 35.0 Å². The van der Waals surface area contributed by atoms with E-state index in [2.05, 4.69) is 10.6 Å². The van der Waals surface area contributed by atoms with Gasteiger partial charge in [-0.15, -0.1) is 0 Å². The summed E-state index contributed by atoms with van der Waals surface area (Å²) in [6.07, 6.45) is 11.0. The van der Waals surface area contributed by atoms with Crippen molar-refractivity contribution in [1.82, 2.24) is 5.27 Å². The molecule has 3 rings (SSSR count). The zero-order valence-electron chi connectivity index (χ0n) is 12.4. The summed E-state index contributed by atoms with van der Waals surface area (Å²) in [7, 11) is 0. The van der Waals surface area contributed by atoms with Crippen LogP contribution in [0.3, 0.4) is 0 Å². The van der Waals surface area contributed by atoms with E-state index in [9.17, 15) is 4.79 Å². The van der Waals surface area contributed by atoms with Crippen LogP contribution in [0, 0.1) is 0 Å². The van der Waals surface area contributed by atoms with Gasteiger partial charge in [0.2, 0.25) is 5.27 Å². The molecule has 22 heavy (non-hydrogen) atoms. The Balaban J connectivity index is 1.57. The lowest BCUT2D eigenvalue weighted by molar-refractivity contribution is -0.787. The van der Waals surface area contributed by atoms with Crippen molar-refractivity contribution in [3.63, 3.8) is 0 Å². The van der Waals surface area contributed by atoms with E-state index in [-0.39, 0.29) is 5.91 Å². The molecule has 0 aliphatic heterocycles. The molecular formula is C17H20N3O2+. The maximum Gasteiger partial charge on any atom is 0.302 e. The lowest BCUT2D eigenvalue weighted by atomic mass is 9.96. The van der Waals surface area contributed by atoms with E-state index in [0.29, 0.717) is 11.9 Å². The van der Waals surface area contributed by atoms with Gasteiger partial charge in [0.05, 0.1) is 0 Å². The normalized spacial score (nSPS) is 16.0. The van der Waals surface area contributed by atoms with Gasteiger partial charge in [0.1, 0.15) is 0 Å². The third-order valence-corrected chi connectivity index (χ3v) is 3.90. The number of benzene rings is 1. The molecule has 1 aromatic carbocycles. The summed E-state index contributed by atoms with van der Waals surface area (Å²) in [5.74, 6) is 0.157. The zero-order chi connectivity index (χ0) is 15.2. The minimum absolute atomic E-state index is 0.226. The molecule has 2 aromatic rings. The van der Waals surface area contributed by atoms with Crippen molar-refractivity contribution >= 4 is 17.9 Å².